The average molecular weight is 1940 g/mol. The van der Waals surface area contributed by atoms with E-state index in [0.29, 0.717) is 123 Å². The smallest absolute Gasteiger partial charge is 0.338 e. The molecule has 13 rings (SSSR count). The first-order chi connectivity index (χ1) is 62.7. The van der Waals surface area contributed by atoms with Crippen LogP contribution in [0.25, 0.3) is 0 Å². The highest BCUT2D eigenvalue weighted by Gasteiger charge is 2.55. The first-order valence-corrected chi connectivity index (χ1v) is 49.4. The maximum Gasteiger partial charge on any atom is 0.338 e. The Morgan fingerprint density at radius 1 is 0.436 bits per heavy atom. The Morgan fingerprint density at radius 3 is 1.01 bits per heavy atom. The molecular formula is C104H138Cl6N14O9. The number of aromatic nitrogens is 4. The lowest BCUT2D eigenvalue weighted by Crippen LogP contribution is -2.55. The lowest BCUT2D eigenvalue weighted by Gasteiger charge is -2.46. The zero-order valence-corrected chi connectivity index (χ0v) is 85.7. The van der Waals surface area contributed by atoms with Crippen LogP contribution < -0.4 is 10.6 Å². The second-order valence-electron chi connectivity index (χ2n) is 41.6. The number of rotatable bonds is 30. The fourth-order valence-corrected chi connectivity index (χ4v) is 19.2. The number of hydrogen-bond acceptors (Lipinski definition) is 18. The van der Waals surface area contributed by atoms with Gasteiger partial charge in [0.25, 0.3) is 23.6 Å². The Hall–Kier alpha value is -8.49. The van der Waals surface area contributed by atoms with Crippen LogP contribution in [-0.4, -0.2) is 186 Å². The van der Waals surface area contributed by atoms with E-state index in [2.05, 4.69) is 131 Å². The molecule has 0 unspecified atom stereocenters. The summed E-state index contributed by atoms with van der Waals surface area (Å²) in [5.41, 5.74) is 5.72. The molecule has 7 aromatic rings. The lowest BCUT2D eigenvalue weighted by molar-refractivity contribution is -0.134. The van der Waals surface area contributed by atoms with Gasteiger partial charge in [-0.05, 0) is 247 Å². The largest absolute Gasteiger partial charge is 0.459 e. The number of aromatic amines is 1. The van der Waals surface area contributed by atoms with Gasteiger partial charge in [0.2, 0.25) is 0 Å². The van der Waals surface area contributed by atoms with Crippen molar-refractivity contribution in [2.75, 3.05) is 52.4 Å². The third-order valence-electron chi connectivity index (χ3n) is 24.8. The van der Waals surface area contributed by atoms with Gasteiger partial charge >= 0.3 is 11.9 Å². The molecule has 0 aliphatic carbocycles. The Kier molecular flexibility index (Phi) is 37.7. The highest BCUT2D eigenvalue weighted by atomic mass is 35.5. The van der Waals surface area contributed by atoms with Gasteiger partial charge in [0.15, 0.2) is 5.82 Å². The third kappa shape index (κ3) is 29.8. The maximum absolute atomic E-state index is 14.6. The Labute approximate surface area is 818 Å². The number of piperidine rings is 3. The van der Waals surface area contributed by atoms with Crippen molar-refractivity contribution in [3.05, 3.63) is 213 Å². The van der Waals surface area contributed by atoms with Crippen LogP contribution in [0, 0.1) is 34.0 Å². The number of tetrazole rings is 1. The summed E-state index contributed by atoms with van der Waals surface area (Å²) >= 11 is 38.2. The van der Waals surface area contributed by atoms with E-state index >= 15 is 0 Å². The number of amides is 4. The van der Waals surface area contributed by atoms with Gasteiger partial charge in [0, 0.05) is 124 Å². The molecule has 3 spiro atoms. The van der Waals surface area contributed by atoms with Crippen LogP contribution in [0.4, 0.5) is 0 Å². The number of benzene rings is 6. The molecule has 6 aliphatic heterocycles. The molecule has 720 valence electrons. The van der Waals surface area contributed by atoms with Crippen LogP contribution in [0.5, 0.6) is 0 Å². The number of likely N-dealkylation sites (tertiary alicyclic amines) is 2. The number of hydrogen-bond donors (Lipinski definition) is 3. The van der Waals surface area contributed by atoms with Gasteiger partial charge in [-0.3, -0.25) is 34.2 Å². The lowest BCUT2D eigenvalue weighted by atomic mass is 9.84. The minimum Gasteiger partial charge on any atom is -0.459 e. The quantitative estimate of drug-likeness (QED) is 0.0279. The number of aliphatic imine (C=N–C) groups is 3. The topological polar surface area (TPSA) is 270 Å². The summed E-state index contributed by atoms with van der Waals surface area (Å²) in [5, 5.41) is 22.7. The summed E-state index contributed by atoms with van der Waals surface area (Å²) in [6.07, 6.45) is 12.9. The van der Waals surface area contributed by atoms with Gasteiger partial charge in [-0.2, -0.15) is 5.21 Å². The van der Waals surface area contributed by atoms with Crippen LogP contribution in [0.2, 0.25) is 30.1 Å². The summed E-state index contributed by atoms with van der Waals surface area (Å²) in [4.78, 5) is 118. The van der Waals surface area contributed by atoms with Crippen molar-refractivity contribution in [2.45, 2.75) is 282 Å². The molecule has 0 radical (unpaired) electrons. The number of halogens is 6. The number of carbonyl (C=O) groups is 7. The number of aldehydes is 1. The minimum absolute atomic E-state index is 0.0492. The minimum atomic E-state index is -0.696. The van der Waals surface area contributed by atoms with Crippen LogP contribution in [-0.2, 0) is 35.2 Å². The van der Waals surface area contributed by atoms with Gasteiger partial charge < -0.3 is 49.4 Å². The Bertz CT molecular complexity index is 5150. The summed E-state index contributed by atoms with van der Waals surface area (Å²) in [6, 6.07) is 37.5. The maximum atomic E-state index is 14.6. The second kappa shape index (κ2) is 47.0. The number of carbonyl (C=O) groups excluding carboxylic acids is 7. The molecule has 6 aliphatic rings. The monoisotopic (exact) mass is 1940 g/mol. The van der Waals surface area contributed by atoms with E-state index in [0.717, 1.165) is 152 Å². The normalized spacial score (nSPS) is 17.5. The van der Waals surface area contributed by atoms with Crippen molar-refractivity contribution >= 4 is 129 Å². The highest BCUT2D eigenvalue weighted by molar-refractivity contribution is 6.49. The van der Waals surface area contributed by atoms with Crippen LogP contribution in [0.1, 0.15) is 316 Å². The fraction of sp³-hybridized carbons (Fsp3) is 0.548. The first-order valence-electron chi connectivity index (χ1n) is 47.2. The molecular weight excluding hydrogens is 1800 g/mol. The van der Waals surface area contributed by atoms with E-state index in [-0.39, 0.29) is 88.7 Å². The molecule has 133 heavy (non-hydrogen) atoms. The summed E-state index contributed by atoms with van der Waals surface area (Å²) in [7, 11) is 0. The predicted octanol–water partition coefficient (Wildman–Crippen LogP) is 23.1. The van der Waals surface area contributed by atoms with Crippen molar-refractivity contribution in [3.63, 3.8) is 0 Å². The van der Waals surface area contributed by atoms with E-state index in [1.54, 1.807) is 66.7 Å². The molecule has 3 saturated heterocycles. The molecule has 7 heterocycles. The third-order valence-corrected chi connectivity index (χ3v) is 26.2. The predicted molar refractivity (Wildman–Crippen MR) is 536 cm³/mol. The average Bonchev–Trinajstić information content (AvgIpc) is 1.59. The number of esters is 2. The van der Waals surface area contributed by atoms with E-state index in [1.165, 1.54) is 0 Å². The number of nitrogens with zero attached hydrogens (tertiary/aromatic N) is 11. The van der Waals surface area contributed by atoms with Gasteiger partial charge in [-0.1, -0.05) is 215 Å². The van der Waals surface area contributed by atoms with E-state index < -0.39 is 17.0 Å². The number of nitrogens with one attached hydrogen (secondary N) is 3. The first kappa shape index (κ1) is 107. The molecule has 0 bridgehead atoms. The van der Waals surface area contributed by atoms with E-state index in [4.69, 9.17) is 94.1 Å². The SMILES string of the molecule is CC(C)CC=O.CC(C)CCN1CCC2(CC1)N=C(c1cc(Cl)cc(Cl)c1)C(=O)N2[C@H](CCC(C)(C)C)c1ccc(C(=O)NCc2nn[nH]n2)cc1.CC(C)CCN1CCC2(CC1)N=C(c1cc(Cl)cc(Cl)c1)C(=O)N2[C@H](CCC(C)(C)C)c1ccc(C(=O)OC(C)C)cc1.CC(C)OC(=O)c1ccc([C@@H](CCC(C)(C)C)N2C(=O)C(c3cc(Cl)cc(Cl)c3)=NC23CCNCC3)cc1. The molecule has 3 fully saturated rings. The van der Waals surface area contributed by atoms with Gasteiger partial charge in [-0.25, -0.2) is 9.59 Å². The second-order valence-corrected chi connectivity index (χ2v) is 44.2. The van der Waals surface area contributed by atoms with Crippen LogP contribution in [0.3, 0.4) is 0 Å². The van der Waals surface area contributed by atoms with E-state index in [9.17, 15) is 33.6 Å². The standard InChI is InChI=1S/C35H47Cl2N3O3.C34H44Cl2N8O2.C30H37Cl2N3O3.C5H10O/c1-23(2)13-17-39-18-15-35(16-19-39)38-31(27-20-28(36)22-29(37)21-27)32(41)40(35)30(12-14-34(5,6)7)25-8-10-26(11-9-25)33(42)43-24(3)4;1-22(2)11-15-43-16-13-34(14-17-43)38-30(25-18-26(35)20-27(36)19-25)32(46)44(34)28(10-12-33(3,4)5)23-6-8-24(9-7-23)31(45)37-21-29-39-41-42-40-29;1-19(2)38-28(37)21-8-6-20(7-9-21)25(10-11-29(3,4)5)35-27(36)26(22-16-23(31)18-24(32)17-22)34-30(35)12-14-33-15-13-30;1-5(2)3-4-6/h8-11,20-24,30H,12-19H2,1-7H3;6-9,18-20,22,28H,10-17,21H2,1-5H3,(H,37,45)(H,39,40,41,42);6-9,16-19,25,33H,10-15H2,1-5H3;4-5H,3H2,1-2H3/t30-;28-;25-;/m111./s1. The van der Waals surface area contributed by atoms with Crippen molar-refractivity contribution in [2.24, 2.45) is 49.0 Å². The van der Waals surface area contributed by atoms with Crippen LogP contribution in [0.15, 0.2) is 142 Å². The number of H-pyrrole nitrogens is 1. The molecule has 3 atom stereocenters. The van der Waals surface area contributed by atoms with Crippen LogP contribution >= 0.6 is 69.6 Å². The molecule has 3 N–H and O–H groups in total. The Morgan fingerprint density at radius 2 is 0.744 bits per heavy atom. The molecule has 23 nitrogen and oxygen atoms in total. The summed E-state index contributed by atoms with van der Waals surface area (Å²) < 4.78 is 10.8. The van der Waals surface area contributed by atoms with Crippen molar-refractivity contribution < 1.29 is 43.0 Å². The highest BCUT2D eigenvalue weighted by Crippen LogP contribution is 2.50. The van der Waals surface area contributed by atoms with Gasteiger partial charge in [0.1, 0.15) is 40.4 Å². The molecule has 6 aromatic carbocycles. The molecule has 4 amide bonds. The van der Waals surface area contributed by atoms with Gasteiger partial charge in [-0.15, -0.1) is 10.2 Å². The summed E-state index contributed by atoms with van der Waals surface area (Å²) in [5.74, 6) is 0.919. The molecule has 0 saturated carbocycles. The van der Waals surface area contributed by atoms with Crippen molar-refractivity contribution in [3.8, 4) is 0 Å². The van der Waals surface area contributed by atoms with Crippen molar-refractivity contribution in [1.29, 1.82) is 0 Å². The number of ether oxygens (including phenoxy) is 2. The zero-order chi connectivity index (χ0) is 97.2. The van der Waals surface area contributed by atoms with E-state index in [1.807, 2.05) is 117 Å². The van der Waals surface area contributed by atoms with Crippen molar-refractivity contribution in [1.82, 2.24) is 55.8 Å². The Balaban J connectivity index is 0.000000201. The summed E-state index contributed by atoms with van der Waals surface area (Å²) in [6.45, 7) is 47.5. The van der Waals surface area contributed by atoms with Gasteiger partial charge in [0.05, 0.1) is 48.0 Å². The zero-order valence-electron chi connectivity index (χ0n) is 81.2. The molecule has 1 aromatic heterocycles. The fourth-order valence-electron chi connectivity index (χ4n) is 17.7. The molecule has 29 heteroatoms.